The molecule has 0 atom stereocenters. The lowest BCUT2D eigenvalue weighted by Crippen LogP contribution is -2.30. The van der Waals surface area contributed by atoms with Gasteiger partial charge in [0, 0.05) is 31.0 Å². The summed E-state index contributed by atoms with van der Waals surface area (Å²) >= 11 is 0. The highest BCUT2D eigenvalue weighted by molar-refractivity contribution is 5.94. The van der Waals surface area contributed by atoms with E-state index in [1.54, 1.807) is 25.2 Å². The highest BCUT2D eigenvalue weighted by Crippen LogP contribution is 1.99. The Bertz CT molecular complexity index is 621. The van der Waals surface area contributed by atoms with E-state index in [1.165, 1.54) is 14.2 Å². The molecule has 7 heteroatoms. The maximum Gasteiger partial charge on any atom is 0.325 e. The quantitative estimate of drug-likeness (QED) is 0.131. The fraction of sp³-hybridized carbons (Fsp3) is 0.389. The Kier molecular flexibility index (Phi) is 11.1. The average Bonchev–Trinajstić information content (AvgIpc) is 2.58. The van der Waals surface area contributed by atoms with Gasteiger partial charge in [-0.25, -0.2) is 5.06 Å². The van der Waals surface area contributed by atoms with E-state index in [0.717, 1.165) is 0 Å². The van der Waals surface area contributed by atoms with E-state index in [9.17, 15) is 14.4 Å². The fourth-order valence-electron chi connectivity index (χ4n) is 1.46. The number of esters is 1. The van der Waals surface area contributed by atoms with Crippen molar-refractivity contribution >= 4 is 17.8 Å². The molecule has 0 rings (SSSR count). The minimum Gasteiger partial charge on any atom is -0.468 e. The Morgan fingerprint density at radius 2 is 2.04 bits per heavy atom. The van der Waals surface area contributed by atoms with Gasteiger partial charge in [0.25, 0.3) is 0 Å². The van der Waals surface area contributed by atoms with Crippen LogP contribution in [0.25, 0.3) is 0 Å². The Morgan fingerprint density at radius 3 is 2.64 bits per heavy atom. The molecule has 0 aromatic carbocycles. The van der Waals surface area contributed by atoms with Crippen LogP contribution in [0.5, 0.6) is 0 Å². The molecule has 0 saturated heterocycles. The molecule has 0 bridgehead atoms. The predicted molar refractivity (Wildman–Crippen MR) is 93.2 cm³/mol. The minimum atomic E-state index is -0.521. The number of hydrogen-bond donors (Lipinski definition) is 2. The molecule has 0 aromatic heterocycles. The largest absolute Gasteiger partial charge is 0.468 e. The first-order valence-electron chi connectivity index (χ1n) is 7.61. The molecule has 0 radical (unpaired) electrons. The maximum atomic E-state index is 11.7. The average molecular weight is 348 g/mol. The number of unbranched alkanes of at least 4 members (excludes halogenated alkanes) is 1. The van der Waals surface area contributed by atoms with Crippen molar-refractivity contribution < 1.29 is 24.3 Å². The number of carbonyl (C=O) groups is 3. The van der Waals surface area contributed by atoms with Crippen molar-refractivity contribution in [3.8, 4) is 11.8 Å². The first kappa shape index (κ1) is 22.1. The molecule has 7 nitrogen and oxygen atoms in total. The summed E-state index contributed by atoms with van der Waals surface area (Å²) < 4.78 is 4.43. The zero-order chi connectivity index (χ0) is 19.2. The van der Waals surface area contributed by atoms with E-state index in [4.69, 9.17) is 5.21 Å². The van der Waals surface area contributed by atoms with Crippen LogP contribution >= 0.6 is 0 Å². The van der Waals surface area contributed by atoms with Crippen LogP contribution in [0.3, 0.4) is 0 Å². The van der Waals surface area contributed by atoms with Gasteiger partial charge in [0.1, 0.15) is 6.54 Å². The summed E-state index contributed by atoms with van der Waals surface area (Å²) in [6.07, 6.45) is 6.15. The van der Waals surface area contributed by atoms with Crippen LogP contribution < -0.4 is 5.32 Å². The fourth-order valence-corrected chi connectivity index (χ4v) is 1.46. The lowest BCUT2D eigenvalue weighted by atomic mass is 10.2. The Labute approximate surface area is 148 Å². The lowest BCUT2D eigenvalue weighted by Gasteiger charge is -2.05. The van der Waals surface area contributed by atoms with Crippen molar-refractivity contribution in [2.24, 2.45) is 0 Å². The second kappa shape index (κ2) is 12.6. The van der Waals surface area contributed by atoms with E-state index < -0.39 is 5.97 Å². The molecule has 0 unspecified atom stereocenters. The number of methoxy groups -OCH3 is 1. The van der Waals surface area contributed by atoms with Gasteiger partial charge < -0.3 is 10.1 Å². The number of nitrogens with zero attached hydrogens (tertiary/aromatic N) is 1. The number of rotatable bonds is 8. The maximum absolute atomic E-state index is 11.7. The number of carbonyl (C=O) groups excluding carboxylic acids is 3. The molecule has 0 spiro atoms. The molecule has 0 heterocycles. The molecule has 0 aliphatic carbocycles. The second-order valence-electron chi connectivity index (χ2n) is 5.07. The molecule has 0 aromatic rings. The van der Waals surface area contributed by atoms with Crippen LogP contribution in [0.4, 0.5) is 0 Å². The highest BCUT2D eigenvalue weighted by atomic mass is 16.5. The third-order valence-electron chi connectivity index (χ3n) is 2.93. The minimum absolute atomic E-state index is 0.184. The summed E-state index contributed by atoms with van der Waals surface area (Å²) in [7, 11) is 2.53. The van der Waals surface area contributed by atoms with Gasteiger partial charge >= 0.3 is 5.97 Å². The summed E-state index contributed by atoms with van der Waals surface area (Å²) in [5.74, 6) is 4.46. The molecule has 2 amide bonds. The van der Waals surface area contributed by atoms with E-state index in [1.807, 2.05) is 0 Å². The van der Waals surface area contributed by atoms with E-state index in [-0.39, 0.29) is 24.8 Å². The number of nitrogens with one attached hydrogen (secondary N) is 1. The predicted octanol–water partition coefficient (Wildman–Crippen LogP) is 1.36. The van der Waals surface area contributed by atoms with Gasteiger partial charge in [0.2, 0.25) is 11.8 Å². The second-order valence-corrected chi connectivity index (χ2v) is 5.07. The zero-order valence-corrected chi connectivity index (χ0v) is 14.8. The van der Waals surface area contributed by atoms with Gasteiger partial charge in [0.05, 0.1) is 7.11 Å². The van der Waals surface area contributed by atoms with Gasteiger partial charge in [-0.3, -0.25) is 19.6 Å². The van der Waals surface area contributed by atoms with Crippen LogP contribution in [-0.2, 0) is 19.1 Å². The Morgan fingerprint density at radius 1 is 1.36 bits per heavy atom. The van der Waals surface area contributed by atoms with Crippen LogP contribution in [0, 0.1) is 11.8 Å². The van der Waals surface area contributed by atoms with E-state index in [2.05, 4.69) is 28.5 Å². The summed E-state index contributed by atoms with van der Waals surface area (Å²) in [4.78, 5) is 33.7. The SMILES string of the molecule is C=C(C#CCCCC(=O)N(C)O)/C=C\C=C(/C)C(=O)NCC(=O)OC. The molecule has 2 N–H and O–H groups in total. The number of amides is 2. The van der Waals surface area contributed by atoms with E-state index in [0.29, 0.717) is 29.1 Å². The highest BCUT2D eigenvalue weighted by Gasteiger charge is 2.06. The number of hydroxylamine groups is 2. The molecule has 0 aliphatic heterocycles. The van der Waals surface area contributed by atoms with Gasteiger partial charge in [0.15, 0.2) is 0 Å². The van der Waals surface area contributed by atoms with Crippen molar-refractivity contribution in [2.45, 2.75) is 26.2 Å². The van der Waals surface area contributed by atoms with Crippen molar-refractivity contribution in [1.29, 1.82) is 0 Å². The molecule has 0 aliphatic rings. The number of allylic oxidation sites excluding steroid dienone is 4. The van der Waals surface area contributed by atoms with Gasteiger partial charge in [-0.05, 0) is 19.4 Å². The molecule has 136 valence electrons. The molecular weight excluding hydrogens is 324 g/mol. The first-order chi connectivity index (χ1) is 11.8. The van der Waals surface area contributed by atoms with Crippen molar-refractivity contribution in [2.75, 3.05) is 20.7 Å². The first-order valence-corrected chi connectivity index (χ1v) is 7.61. The normalized spacial score (nSPS) is 10.6. The standard InChI is InChI=1S/C18H24N2O5/c1-14(9-6-5-7-12-16(21)20(3)24)10-8-11-15(2)18(23)19-13-17(22)25-4/h8,10-11,24H,1,5,7,12-13H2,2-4H3,(H,19,23)/b10-8-,15-11+. The van der Waals surface area contributed by atoms with Crippen LogP contribution in [0.15, 0.2) is 36.0 Å². The van der Waals surface area contributed by atoms with Gasteiger partial charge in [-0.15, -0.1) is 0 Å². The van der Waals surface area contributed by atoms with Crippen LogP contribution in [0.1, 0.15) is 26.2 Å². The Hall–Kier alpha value is -2.85. The van der Waals surface area contributed by atoms with Crippen LogP contribution in [0.2, 0.25) is 0 Å². The molecule has 25 heavy (non-hydrogen) atoms. The topological polar surface area (TPSA) is 95.9 Å². The summed E-state index contributed by atoms with van der Waals surface area (Å²) in [5.41, 5.74) is 0.983. The third kappa shape index (κ3) is 11.3. The van der Waals surface area contributed by atoms with E-state index >= 15 is 0 Å². The number of hydrogen-bond acceptors (Lipinski definition) is 5. The molecule has 0 saturated carbocycles. The van der Waals surface area contributed by atoms with Crippen molar-refractivity contribution in [3.05, 3.63) is 36.0 Å². The third-order valence-corrected chi connectivity index (χ3v) is 2.93. The smallest absolute Gasteiger partial charge is 0.325 e. The molecule has 0 fully saturated rings. The van der Waals surface area contributed by atoms with Crippen molar-refractivity contribution in [1.82, 2.24) is 10.4 Å². The monoisotopic (exact) mass is 348 g/mol. The van der Waals surface area contributed by atoms with Gasteiger partial charge in [-0.1, -0.05) is 30.6 Å². The number of ether oxygens (including phenoxy) is 1. The summed E-state index contributed by atoms with van der Waals surface area (Å²) in [5, 5.41) is 11.9. The molecular formula is C18H24N2O5. The van der Waals surface area contributed by atoms with Crippen LogP contribution in [-0.4, -0.2) is 48.8 Å². The zero-order valence-electron chi connectivity index (χ0n) is 14.8. The van der Waals surface area contributed by atoms with Gasteiger partial charge in [-0.2, -0.15) is 0 Å². The summed E-state index contributed by atoms with van der Waals surface area (Å²) in [6, 6.07) is 0. The van der Waals surface area contributed by atoms with Crippen molar-refractivity contribution in [3.63, 3.8) is 0 Å². The summed E-state index contributed by atoms with van der Waals surface area (Å²) in [6.45, 7) is 5.19. The Balaban J connectivity index is 4.25. The lowest BCUT2D eigenvalue weighted by molar-refractivity contribution is -0.159.